The van der Waals surface area contributed by atoms with Crippen molar-refractivity contribution in [3.05, 3.63) is 42.0 Å². The molecule has 0 saturated heterocycles. The number of Topliss-reactive ketones (excluding diaryl/α,β-unsaturated/α-hetero) is 1. The van der Waals surface area contributed by atoms with E-state index in [9.17, 15) is 33.9 Å². The Morgan fingerprint density at radius 3 is 1.56 bits per heavy atom. The van der Waals surface area contributed by atoms with Crippen molar-refractivity contribution in [3.63, 3.8) is 0 Å². The molecular weight excluding hydrogens is 814 g/mol. The molecule has 2 rings (SSSR count). The molecule has 6 N–H and O–H groups in total. The third-order valence-corrected chi connectivity index (χ3v) is 9.02. The fourth-order valence-electron chi connectivity index (χ4n) is 5.67. The molecule has 0 aliphatic carbocycles. The van der Waals surface area contributed by atoms with Crippen LogP contribution in [0.2, 0.25) is 0 Å². The third-order valence-electron chi connectivity index (χ3n) is 9.02. The summed E-state index contributed by atoms with van der Waals surface area (Å²) in [6.45, 7) is 9.75. The quantitative estimate of drug-likeness (QED) is 0.0451. The Balaban J connectivity index is 1.43. The summed E-state index contributed by atoms with van der Waals surface area (Å²) >= 11 is 0. The normalized spacial score (nSPS) is 13.5. The molecule has 6 amide bonds. The number of amides is 6. The minimum absolute atomic E-state index is 0.0371. The van der Waals surface area contributed by atoms with Gasteiger partial charge >= 0.3 is 6.03 Å². The maximum atomic E-state index is 13.4. The lowest BCUT2D eigenvalue weighted by atomic mass is 9.89. The maximum absolute atomic E-state index is 13.4. The van der Waals surface area contributed by atoms with Gasteiger partial charge in [0.05, 0.1) is 125 Å². The number of primary amides is 1. The monoisotopic (exact) mass is 881 g/mol. The molecule has 0 bridgehead atoms. The number of nitrogens with one attached hydrogen (secondary N) is 3. The summed E-state index contributed by atoms with van der Waals surface area (Å²) in [5, 5.41) is 17.4. The number of ketones is 1. The van der Waals surface area contributed by atoms with Crippen LogP contribution in [0.25, 0.3) is 0 Å². The van der Waals surface area contributed by atoms with Gasteiger partial charge in [-0.2, -0.15) is 0 Å². The standard InChI is InChI=1S/C42H67N5O15/c1-32(2)40(36(49)30-34(4-3-12-44-42(43)54)41(53)45-35-7-5-33(31-48)6-8-35)46-37(50)11-14-55-16-18-57-20-22-59-24-26-61-28-29-62-27-25-60-23-21-58-19-17-56-15-13-47-38(51)9-10-39(47)52/h5-10,32,34,40,48H,3-4,11-31H2,1-2H3,(H,45,53)(H,46,50)(H3,43,44,54)/t34-,40+/m1/s1. The molecule has 0 spiro atoms. The fraction of sp³-hybridized carbons (Fsp3) is 0.667. The average Bonchev–Trinajstić information content (AvgIpc) is 3.57. The molecule has 0 unspecified atom stereocenters. The second-order valence-electron chi connectivity index (χ2n) is 14.2. The van der Waals surface area contributed by atoms with Gasteiger partial charge in [-0.05, 0) is 36.5 Å². The summed E-state index contributed by atoms with van der Waals surface area (Å²) in [6, 6.07) is 5.20. The van der Waals surface area contributed by atoms with Gasteiger partial charge in [-0.15, -0.1) is 0 Å². The molecule has 0 fully saturated rings. The Hall–Kier alpha value is -4.38. The SMILES string of the molecule is CC(C)[C@H](NC(=O)CCOCCOCCOCCOCCOCCOCCOCCOCCN1C(=O)C=CC1=O)C(=O)C[C@@H](CCCNC(N)=O)C(=O)Nc1ccc(CO)cc1. The molecule has 0 saturated carbocycles. The average molecular weight is 882 g/mol. The van der Waals surface area contributed by atoms with Gasteiger partial charge in [0.1, 0.15) is 0 Å². The van der Waals surface area contributed by atoms with E-state index in [-0.39, 0.29) is 87.7 Å². The molecule has 1 heterocycles. The van der Waals surface area contributed by atoms with Crippen molar-refractivity contribution in [3.8, 4) is 0 Å². The van der Waals surface area contributed by atoms with Gasteiger partial charge in [-0.25, -0.2) is 4.79 Å². The largest absolute Gasteiger partial charge is 0.392 e. The van der Waals surface area contributed by atoms with Crippen molar-refractivity contribution >= 4 is 41.1 Å². The van der Waals surface area contributed by atoms with Crippen molar-refractivity contribution in [1.29, 1.82) is 0 Å². The Morgan fingerprint density at radius 2 is 1.13 bits per heavy atom. The van der Waals surface area contributed by atoms with Crippen LogP contribution in [-0.4, -0.2) is 170 Å². The van der Waals surface area contributed by atoms with Crippen molar-refractivity contribution in [2.24, 2.45) is 17.6 Å². The van der Waals surface area contributed by atoms with Crippen molar-refractivity contribution in [1.82, 2.24) is 15.5 Å². The van der Waals surface area contributed by atoms with Crippen molar-refractivity contribution in [2.45, 2.75) is 52.2 Å². The molecule has 20 nitrogen and oxygen atoms in total. The van der Waals surface area contributed by atoms with E-state index in [2.05, 4.69) is 16.0 Å². The first-order valence-corrected chi connectivity index (χ1v) is 21.0. The number of rotatable bonds is 39. The summed E-state index contributed by atoms with van der Waals surface area (Å²) in [7, 11) is 0. The number of nitrogens with zero attached hydrogens (tertiary/aromatic N) is 1. The minimum Gasteiger partial charge on any atom is -0.392 e. The number of aliphatic hydroxyl groups excluding tert-OH is 1. The zero-order valence-electron chi connectivity index (χ0n) is 36.1. The highest BCUT2D eigenvalue weighted by atomic mass is 16.6. The number of carbonyl (C=O) groups is 6. The van der Waals surface area contributed by atoms with E-state index in [0.717, 1.165) is 4.90 Å². The number of anilines is 1. The van der Waals surface area contributed by atoms with Gasteiger partial charge in [0.2, 0.25) is 11.8 Å². The number of benzene rings is 1. The second kappa shape index (κ2) is 34.1. The second-order valence-corrected chi connectivity index (χ2v) is 14.2. The summed E-state index contributed by atoms with van der Waals surface area (Å²) < 4.78 is 43.7. The molecule has 350 valence electrons. The van der Waals surface area contributed by atoms with E-state index in [1.165, 1.54) is 12.2 Å². The van der Waals surface area contributed by atoms with Crippen molar-refractivity contribution in [2.75, 3.05) is 124 Å². The van der Waals surface area contributed by atoms with E-state index in [1.807, 2.05) is 13.8 Å². The zero-order valence-corrected chi connectivity index (χ0v) is 36.1. The number of ether oxygens (including phenoxy) is 8. The molecule has 2 atom stereocenters. The van der Waals surface area contributed by atoms with Gasteiger partial charge < -0.3 is 64.7 Å². The topological polar surface area (TPSA) is 262 Å². The number of hydrogen-bond acceptors (Lipinski definition) is 15. The van der Waals surface area contributed by atoms with Crippen LogP contribution in [0, 0.1) is 11.8 Å². The van der Waals surface area contributed by atoms with Crippen LogP contribution < -0.4 is 21.7 Å². The first-order valence-electron chi connectivity index (χ1n) is 21.0. The van der Waals surface area contributed by atoms with Gasteiger partial charge in [-0.3, -0.25) is 28.9 Å². The number of nitrogens with two attached hydrogens (primary N) is 1. The predicted molar refractivity (Wildman–Crippen MR) is 225 cm³/mol. The van der Waals surface area contributed by atoms with E-state index >= 15 is 0 Å². The molecule has 62 heavy (non-hydrogen) atoms. The lowest BCUT2D eigenvalue weighted by molar-refractivity contribution is -0.137. The zero-order chi connectivity index (χ0) is 45.2. The van der Waals surface area contributed by atoms with E-state index < -0.39 is 18.0 Å². The Morgan fingerprint density at radius 1 is 0.677 bits per heavy atom. The summed E-state index contributed by atoms with van der Waals surface area (Å²) in [4.78, 5) is 74.5. The van der Waals surface area contributed by atoms with Crippen LogP contribution in [0.3, 0.4) is 0 Å². The molecule has 1 aromatic carbocycles. The van der Waals surface area contributed by atoms with Crippen LogP contribution in [0.5, 0.6) is 0 Å². The van der Waals surface area contributed by atoms with E-state index in [1.54, 1.807) is 24.3 Å². The van der Waals surface area contributed by atoms with E-state index in [4.69, 9.17) is 43.6 Å². The number of urea groups is 1. The predicted octanol–water partition coefficient (Wildman–Crippen LogP) is 0.730. The molecule has 1 aliphatic rings. The van der Waals surface area contributed by atoms with Crippen molar-refractivity contribution < 1.29 is 71.8 Å². The number of aliphatic hydroxyl groups is 1. The Kier molecular flexibility index (Phi) is 29.6. The first-order chi connectivity index (χ1) is 30.0. The molecule has 20 heteroatoms. The third kappa shape index (κ3) is 25.5. The first kappa shape index (κ1) is 53.8. The molecule has 0 aromatic heterocycles. The summed E-state index contributed by atoms with van der Waals surface area (Å²) in [5.41, 5.74) is 6.35. The lowest BCUT2D eigenvalue weighted by Gasteiger charge is -2.24. The molecule has 1 aliphatic heterocycles. The molecular formula is C42H67N5O15. The van der Waals surface area contributed by atoms with Crippen LogP contribution in [0.1, 0.15) is 45.1 Å². The minimum atomic E-state index is -0.809. The van der Waals surface area contributed by atoms with Crippen LogP contribution in [0.15, 0.2) is 36.4 Å². The summed E-state index contributed by atoms with van der Waals surface area (Å²) in [6.07, 6.45) is 3.11. The fourth-order valence-corrected chi connectivity index (χ4v) is 5.67. The van der Waals surface area contributed by atoms with E-state index in [0.29, 0.717) is 110 Å². The Bertz CT molecular complexity index is 1460. The number of carbonyl (C=O) groups excluding carboxylic acids is 6. The van der Waals surface area contributed by atoms with Gasteiger partial charge in [0.25, 0.3) is 11.8 Å². The van der Waals surface area contributed by atoms with Crippen LogP contribution in [0.4, 0.5) is 10.5 Å². The summed E-state index contributed by atoms with van der Waals surface area (Å²) in [5.74, 6) is -2.62. The molecule has 0 radical (unpaired) electrons. The highest BCUT2D eigenvalue weighted by Gasteiger charge is 2.29. The molecule has 1 aromatic rings. The number of imide groups is 1. The smallest absolute Gasteiger partial charge is 0.312 e. The van der Waals surface area contributed by atoms with Gasteiger partial charge in [-0.1, -0.05) is 26.0 Å². The highest BCUT2D eigenvalue weighted by molar-refractivity contribution is 6.12. The Labute approximate surface area is 363 Å². The van der Waals surface area contributed by atoms with Crippen LogP contribution >= 0.6 is 0 Å². The maximum Gasteiger partial charge on any atom is 0.312 e. The lowest BCUT2D eigenvalue weighted by Crippen LogP contribution is -2.45. The van der Waals surface area contributed by atoms with Gasteiger partial charge in [0.15, 0.2) is 5.78 Å². The number of hydrogen-bond donors (Lipinski definition) is 5. The highest BCUT2D eigenvalue weighted by Crippen LogP contribution is 2.19. The van der Waals surface area contributed by atoms with Crippen LogP contribution in [-0.2, 0) is 68.5 Å². The van der Waals surface area contributed by atoms with Gasteiger partial charge in [0, 0.05) is 43.1 Å².